The van der Waals surface area contributed by atoms with Gasteiger partial charge in [0.25, 0.3) is 5.91 Å². The van der Waals surface area contributed by atoms with Crippen LogP contribution in [0.2, 0.25) is 0 Å². The van der Waals surface area contributed by atoms with Crippen LogP contribution < -0.4 is 5.32 Å². The number of ether oxygens (including phenoxy) is 1. The topological polar surface area (TPSA) is 94.8 Å². The summed E-state index contributed by atoms with van der Waals surface area (Å²) in [5, 5.41) is 11.0. The molecule has 0 saturated heterocycles. The van der Waals surface area contributed by atoms with Crippen LogP contribution in [0, 0.1) is 0 Å². The number of rotatable bonds is 9. The van der Waals surface area contributed by atoms with Crippen molar-refractivity contribution in [2.75, 3.05) is 13.2 Å². The van der Waals surface area contributed by atoms with Crippen molar-refractivity contribution >= 4 is 5.91 Å². The van der Waals surface area contributed by atoms with Crippen LogP contribution in [0.3, 0.4) is 0 Å². The average molecular weight is 525 g/mol. The Hall–Kier alpha value is -3.86. The molecule has 11 heteroatoms. The van der Waals surface area contributed by atoms with Gasteiger partial charge in [-0.15, -0.1) is 10.2 Å². The number of halogens is 3. The van der Waals surface area contributed by atoms with E-state index >= 15 is 0 Å². The third kappa shape index (κ3) is 6.34. The van der Waals surface area contributed by atoms with Crippen LogP contribution in [0.15, 0.2) is 66.9 Å². The van der Waals surface area contributed by atoms with Crippen molar-refractivity contribution in [1.82, 2.24) is 30.0 Å². The molecule has 1 N–H and O–H groups in total. The molecule has 2 atom stereocenters. The van der Waals surface area contributed by atoms with Crippen molar-refractivity contribution in [3.8, 4) is 11.1 Å². The summed E-state index contributed by atoms with van der Waals surface area (Å²) in [6.07, 6.45) is 9.04. The Balaban J connectivity index is 1.25. The van der Waals surface area contributed by atoms with Gasteiger partial charge in [0.05, 0.1) is 12.6 Å². The number of carbonyl (C=O) groups excluding carboxylic acids is 1. The zero-order chi connectivity index (χ0) is 26.7. The van der Waals surface area contributed by atoms with Crippen LogP contribution in [0.1, 0.15) is 66.1 Å². The number of aromatic nitrogens is 5. The summed E-state index contributed by atoms with van der Waals surface area (Å²) < 4.78 is 43.8. The second kappa shape index (κ2) is 10.9. The SMILES string of the molecule is CC(COCC(F)(F)F)n1cnnc1C1C=C(NC(=O)c2cc(-c3ccc(C4CC4)nc3)ccn2)C=CC1. The van der Waals surface area contributed by atoms with E-state index in [-0.39, 0.29) is 24.1 Å². The number of hydrogen-bond donors (Lipinski definition) is 1. The fourth-order valence-electron chi connectivity index (χ4n) is 4.35. The number of amides is 1. The first-order chi connectivity index (χ1) is 18.3. The van der Waals surface area contributed by atoms with Crippen LogP contribution in [0.25, 0.3) is 11.1 Å². The Morgan fingerprint density at radius 3 is 2.79 bits per heavy atom. The summed E-state index contributed by atoms with van der Waals surface area (Å²) in [5.74, 6) is 0.564. The summed E-state index contributed by atoms with van der Waals surface area (Å²) in [5.41, 5.74) is 3.70. The molecule has 2 unspecified atom stereocenters. The van der Waals surface area contributed by atoms with E-state index in [1.807, 2.05) is 36.5 Å². The lowest BCUT2D eigenvalue weighted by molar-refractivity contribution is -0.175. The maximum atomic E-state index is 13.0. The minimum absolute atomic E-state index is 0.138. The Labute approximate surface area is 217 Å². The molecule has 1 saturated carbocycles. The summed E-state index contributed by atoms with van der Waals surface area (Å²) in [6, 6.07) is 7.21. The van der Waals surface area contributed by atoms with E-state index in [1.54, 1.807) is 29.8 Å². The standard InChI is InChI=1S/C27H27F3N6O2/c1-17(14-38-15-27(28,29)30)36-16-33-35-25(36)20-3-2-4-22(11-20)34-26(37)24-12-19(9-10-31-24)21-7-8-23(32-13-21)18-5-6-18/h2,4,7-13,16-18,20H,3,5-6,14-15H2,1H3,(H,34,37). The zero-order valence-electron chi connectivity index (χ0n) is 20.7. The van der Waals surface area contributed by atoms with E-state index < -0.39 is 18.8 Å². The molecule has 0 radical (unpaired) electrons. The number of pyridine rings is 2. The second-order valence-electron chi connectivity index (χ2n) is 9.57. The summed E-state index contributed by atoms with van der Waals surface area (Å²) >= 11 is 0. The molecule has 0 spiro atoms. The van der Waals surface area contributed by atoms with Gasteiger partial charge in [-0.3, -0.25) is 14.8 Å². The van der Waals surface area contributed by atoms with Crippen LogP contribution in [-0.2, 0) is 4.74 Å². The van der Waals surface area contributed by atoms with Crippen LogP contribution >= 0.6 is 0 Å². The Morgan fingerprint density at radius 2 is 2.05 bits per heavy atom. The minimum Gasteiger partial charge on any atom is -0.370 e. The third-order valence-electron chi connectivity index (χ3n) is 6.47. The monoisotopic (exact) mass is 524 g/mol. The highest BCUT2D eigenvalue weighted by Gasteiger charge is 2.28. The highest BCUT2D eigenvalue weighted by molar-refractivity contribution is 5.94. The maximum Gasteiger partial charge on any atom is 0.411 e. The molecule has 3 aromatic heterocycles. The molecule has 3 heterocycles. The van der Waals surface area contributed by atoms with Gasteiger partial charge in [0.15, 0.2) is 0 Å². The van der Waals surface area contributed by atoms with Crippen LogP contribution in [-0.4, -0.2) is 50.0 Å². The van der Waals surface area contributed by atoms with Gasteiger partial charge in [-0.25, -0.2) is 0 Å². The first kappa shape index (κ1) is 25.8. The smallest absolute Gasteiger partial charge is 0.370 e. The van der Waals surface area contributed by atoms with Gasteiger partial charge in [-0.2, -0.15) is 13.2 Å². The summed E-state index contributed by atoms with van der Waals surface area (Å²) in [6.45, 7) is 0.289. The van der Waals surface area contributed by atoms with E-state index in [2.05, 4.69) is 25.5 Å². The van der Waals surface area contributed by atoms with Crippen molar-refractivity contribution in [1.29, 1.82) is 0 Å². The van der Waals surface area contributed by atoms with Crippen molar-refractivity contribution in [3.63, 3.8) is 0 Å². The van der Waals surface area contributed by atoms with Gasteiger partial charge in [0.2, 0.25) is 0 Å². The second-order valence-corrected chi connectivity index (χ2v) is 9.57. The quantitative estimate of drug-likeness (QED) is 0.418. The molecule has 5 rings (SSSR count). The largest absolute Gasteiger partial charge is 0.411 e. The fourth-order valence-corrected chi connectivity index (χ4v) is 4.35. The normalized spacial score (nSPS) is 18.2. The van der Waals surface area contributed by atoms with Gasteiger partial charge in [-0.05, 0) is 62.1 Å². The predicted molar refractivity (Wildman–Crippen MR) is 133 cm³/mol. The van der Waals surface area contributed by atoms with E-state index in [1.165, 1.54) is 19.2 Å². The Bertz CT molecular complexity index is 1350. The number of allylic oxidation sites excluding steroid dienone is 3. The molecule has 38 heavy (non-hydrogen) atoms. The van der Waals surface area contributed by atoms with E-state index in [9.17, 15) is 18.0 Å². The minimum atomic E-state index is -4.38. The van der Waals surface area contributed by atoms with Gasteiger partial charge < -0.3 is 14.6 Å². The fraction of sp³-hybridized carbons (Fsp3) is 0.370. The first-order valence-electron chi connectivity index (χ1n) is 12.4. The molecule has 2 aliphatic carbocycles. The van der Waals surface area contributed by atoms with Crippen molar-refractivity contribution in [2.24, 2.45) is 0 Å². The highest BCUT2D eigenvalue weighted by Crippen LogP contribution is 2.39. The van der Waals surface area contributed by atoms with Gasteiger partial charge in [0, 0.05) is 41.2 Å². The summed E-state index contributed by atoms with van der Waals surface area (Å²) in [4.78, 5) is 21.8. The molecule has 0 aliphatic heterocycles. The lowest BCUT2D eigenvalue weighted by Gasteiger charge is -2.21. The molecule has 198 valence electrons. The lowest BCUT2D eigenvalue weighted by atomic mass is 9.97. The zero-order valence-corrected chi connectivity index (χ0v) is 20.7. The third-order valence-corrected chi connectivity index (χ3v) is 6.47. The molecular weight excluding hydrogens is 497 g/mol. The van der Waals surface area contributed by atoms with Crippen molar-refractivity contribution < 1.29 is 22.7 Å². The van der Waals surface area contributed by atoms with Gasteiger partial charge >= 0.3 is 6.18 Å². The molecular formula is C27H27F3N6O2. The number of nitrogens with zero attached hydrogens (tertiary/aromatic N) is 5. The van der Waals surface area contributed by atoms with E-state index in [4.69, 9.17) is 4.74 Å². The molecule has 0 bridgehead atoms. The molecule has 1 fully saturated rings. The predicted octanol–water partition coefficient (Wildman–Crippen LogP) is 5.11. The number of hydrogen-bond acceptors (Lipinski definition) is 6. The van der Waals surface area contributed by atoms with Gasteiger partial charge in [-0.1, -0.05) is 12.1 Å². The summed E-state index contributed by atoms with van der Waals surface area (Å²) in [7, 11) is 0. The Morgan fingerprint density at radius 1 is 1.21 bits per heavy atom. The highest BCUT2D eigenvalue weighted by atomic mass is 19.4. The average Bonchev–Trinajstić information content (AvgIpc) is 3.64. The molecule has 0 aromatic carbocycles. The van der Waals surface area contributed by atoms with Crippen LogP contribution in [0.4, 0.5) is 13.2 Å². The van der Waals surface area contributed by atoms with E-state index in [0.29, 0.717) is 23.9 Å². The molecule has 2 aliphatic rings. The first-order valence-corrected chi connectivity index (χ1v) is 12.4. The molecule has 1 amide bonds. The molecule has 8 nitrogen and oxygen atoms in total. The van der Waals surface area contributed by atoms with Crippen molar-refractivity contribution in [3.05, 3.63) is 84.1 Å². The van der Waals surface area contributed by atoms with Crippen molar-refractivity contribution in [2.45, 2.75) is 50.2 Å². The lowest BCUT2D eigenvalue weighted by Crippen LogP contribution is -2.25. The number of alkyl halides is 3. The van der Waals surface area contributed by atoms with Crippen LogP contribution in [0.5, 0.6) is 0 Å². The number of carbonyl (C=O) groups is 1. The molecule has 3 aromatic rings. The van der Waals surface area contributed by atoms with E-state index in [0.717, 1.165) is 16.8 Å². The Kier molecular flexibility index (Phi) is 7.37. The number of nitrogens with one attached hydrogen (secondary N) is 1. The maximum absolute atomic E-state index is 13.0. The van der Waals surface area contributed by atoms with Gasteiger partial charge in [0.1, 0.15) is 24.5 Å².